The molecule has 0 atom stereocenters. The smallest absolute Gasteiger partial charge is 0.200 e. The molecule has 0 aliphatic carbocycles. The molecule has 5 nitrogen and oxygen atoms in total. The van der Waals surface area contributed by atoms with Gasteiger partial charge in [-0.3, -0.25) is 9.69 Å². The first-order valence-corrected chi connectivity index (χ1v) is 10.3. The Morgan fingerprint density at radius 2 is 1.93 bits per heavy atom. The summed E-state index contributed by atoms with van der Waals surface area (Å²) < 4.78 is 31.0. The Labute approximate surface area is 175 Å². The van der Waals surface area contributed by atoms with E-state index in [1.165, 1.54) is 12.1 Å². The molecule has 0 amide bonds. The number of hydrogen-bond acceptors (Lipinski definition) is 5. The van der Waals surface area contributed by atoms with Gasteiger partial charge in [0.2, 0.25) is 5.43 Å². The summed E-state index contributed by atoms with van der Waals surface area (Å²) in [7, 11) is 0. The summed E-state index contributed by atoms with van der Waals surface area (Å²) in [5.74, 6) is 0.913. The number of benzene rings is 2. The van der Waals surface area contributed by atoms with E-state index in [1.54, 1.807) is 25.1 Å². The van der Waals surface area contributed by atoms with Crippen molar-refractivity contribution in [1.29, 1.82) is 0 Å². The predicted molar refractivity (Wildman–Crippen MR) is 114 cm³/mol. The van der Waals surface area contributed by atoms with Crippen LogP contribution in [0.15, 0.2) is 45.6 Å². The zero-order valence-corrected chi connectivity index (χ0v) is 17.5. The van der Waals surface area contributed by atoms with Gasteiger partial charge in [0, 0.05) is 19.7 Å². The van der Waals surface area contributed by atoms with Crippen LogP contribution >= 0.6 is 0 Å². The molecule has 0 bridgehead atoms. The summed E-state index contributed by atoms with van der Waals surface area (Å²) in [5.41, 5.74) is 2.43. The fourth-order valence-corrected chi connectivity index (χ4v) is 3.82. The van der Waals surface area contributed by atoms with Gasteiger partial charge in [0.25, 0.3) is 0 Å². The molecule has 2 heterocycles. The van der Waals surface area contributed by atoms with E-state index in [2.05, 4.69) is 4.90 Å². The molecule has 0 spiro atoms. The van der Waals surface area contributed by atoms with Gasteiger partial charge in [0.05, 0.1) is 22.6 Å². The monoisotopic (exact) mass is 411 g/mol. The number of nitrogens with zero attached hydrogens (tertiary/aromatic N) is 1. The Morgan fingerprint density at radius 1 is 1.17 bits per heavy atom. The third kappa shape index (κ3) is 4.11. The van der Waals surface area contributed by atoms with Crippen LogP contribution in [-0.2, 0) is 11.3 Å². The Morgan fingerprint density at radius 3 is 2.67 bits per heavy atom. The molecule has 2 aromatic carbocycles. The van der Waals surface area contributed by atoms with Crippen molar-refractivity contribution >= 4 is 11.0 Å². The maximum absolute atomic E-state index is 13.3. The summed E-state index contributed by atoms with van der Waals surface area (Å²) >= 11 is 0. The zero-order valence-electron chi connectivity index (χ0n) is 17.5. The first-order chi connectivity index (χ1) is 14.4. The number of fused-ring (bicyclic) bond motifs is 3. The first kappa shape index (κ1) is 20.6. The van der Waals surface area contributed by atoms with E-state index < -0.39 is 0 Å². The van der Waals surface area contributed by atoms with Gasteiger partial charge in [0.1, 0.15) is 29.6 Å². The van der Waals surface area contributed by atoms with Crippen LogP contribution in [0, 0.1) is 12.7 Å². The summed E-state index contributed by atoms with van der Waals surface area (Å²) in [5, 5.41) is 0.507. The first-order valence-electron chi connectivity index (χ1n) is 10.3. The molecule has 0 fully saturated rings. The molecule has 0 unspecified atom stereocenters. The van der Waals surface area contributed by atoms with Gasteiger partial charge in [-0.2, -0.15) is 0 Å². The largest absolute Gasteiger partial charge is 0.478 e. The van der Waals surface area contributed by atoms with Crippen molar-refractivity contribution in [2.45, 2.75) is 39.8 Å². The van der Waals surface area contributed by atoms with Gasteiger partial charge in [-0.1, -0.05) is 12.1 Å². The molecule has 4 rings (SSSR count). The van der Waals surface area contributed by atoms with E-state index in [4.69, 9.17) is 13.9 Å². The zero-order chi connectivity index (χ0) is 21.3. The SMILES string of the molecule is Cc1oc2c3c(ccc2c(=O)c1-c1ccc(F)cc1)OCN(CCCOC(C)C)C3. The van der Waals surface area contributed by atoms with Crippen molar-refractivity contribution in [3.63, 3.8) is 0 Å². The molecule has 0 radical (unpaired) electrons. The van der Waals surface area contributed by atoms with Gasteiger partial charge >= 0.3 is 0 Å². The van der Waals surface area contributed by atoms with Crippen LogP contribution in [0.5, 0.6) is 5.75 Å². The Balaban J connectivity index is 1.66. The minimum absolute atomic E-state index is 0.120. The van der Waals surface area contributed by atoms with Crippen molar-refractivity contribution in [1.82, 2.24) is 4.90 Å². The van der Waals surface area contributed by atoms with Crippen molar-refractivity contribution in [3.05, 3.63) is 63.8 Å². The van der Waals surface area contributed by atoms with Crippen LogP contribution in [0.1, 0.15) is 31.6 Å². The molecule has 1 aromatic heterocycles. The van der Waals surface area contributed by atoms with Crippen molar-refractivity contribution in [2.24, 2.45) is 0 Å². The average molecular weight is 411 g/mol. The second-order valence-electron chi connectivity index (χ2n) is 7.89. The number of ether oxygens (including phenoxy) is 2. The highest BCUT2D eigenvalue weighted by Crippen LogP contribution is 2.33. The van der Waals surface area contributed by atoms with Crippen molar-refractivity contribution in [2.75, 3.05) is 19.9 Å². The van der Waals surface area contributed by atoms with Gasteiger partial charge in [-0.25, -0.2) is 4.39 Å². The third-order valence-electron chi connectivity index (χ3n) is 5.28. The van der Waals surface area contributed by atoms with Crippen LogP contribution in [0.2, 0.25) is 0 Å². The molecular formula is C24H26FNO4. The minimum Gasteiger partial charge on any atom is -0.478 e. The highest BCUT2D eigenvalue weighted by molar-refractivity contribution is 5.86. The molecular weight excluding hydrogens is 385 g/mol. The van der Waals surface area contributed by atoms with E-state index >= 15 is 0 Å². The quantitative estimate of drug-likeness (QED) is 0.542. The maximum Gasteiger partial charge on any atom is 0.200 e. The molecule has 3 aromatic rings. The van der Waals surface area contributed by atoms with Crippen LogP contribution in [0.25, 0.3) is 22.1 Å². The lowest BCUT2D eigenvalue weighted by atomic mass is 10.0. The lowest BCUT2D eigenvalue weighted by molar-refractivity contribution is 0.0525. The minimum atomic E-state index is -0.341. The van der Waals surface area contributed by atoms with Gasteiger partial charge < -0.3 is 13.9 Å². The highest BCUT2D eigenvalue weighted by Gasteiger charge is 2.23. The van der Waals surface area contributed by atoms with Crippen LogP contribution in [0.4, 0.5) is 4.39 Å². The summed E-state index contributed by atoms with van der Waals surface area (Å²) in [4.78, 5) is 15.4. The maximum atomic E-state index is 13.3. The van der Waals surface area contributed by atoms with Crippen LogP contribution in [0.3, 0.4) is 0 Å². The van der Waals surface area contributed by atoms with Gasteiger partial charge in [-0.15, -0.1) is 0 Å². The average Bonchev–Trinajstić information content (AvgIpc) is 2.72. The molecule has 30 heavy (non-hydrogen) atoms. The van der Waals surface area contributed by atoms with Gasteiger partial charge in [-0.05, 0) is 57.0 Å². The van der Waals surface area contributed by atoms with E-state index in [0.29, 0.717) is 47.7 Å². The van der Waals surface area contributed by atoms with E-state index in [1.807, 2.05) is 19.9 Å². The predicted octanol–water partition coefficient (Wildman–Crippen LogP) is 4.87. The molecule has 1 aliphatic heterocycles. The lowest BCUT2D eigenvalue weighted by Gasteiger charge is -2.29. The van der Waals surface area contributed by atoms with Crippen LogP contribution < -0.4 is 10.2 Å². The standard InChI is InChI=1S/C24H26FNO4/c1-15(2)28-12-4-11-26-13-20-21(29-14-26)10-9-19-23(27)22(16(3)30-24(19)20)17-5-7-18(25)8-6-17/h5-10,15H,4,11-14H2,1-3H3. The fraction of sp³-hybridized carbons (Fsp3) is 0.375. The van der Waals surface area contributed by atoms with Crippen LogP contribution in [-0.4, -0.2) is 30.9 Å². The number of halogens is 1. The lowest BCUT2D eigenvalue weighted by Crippen LogP contribution is -2.33. The number of rotatable bonds is 6. The summed E-state index contributed by atoms with van der Waals surface area (Å²) in [6.45, 7) is 8.49. The van der Waals surface area contributed by atoms with E-state index in [9.17, 15) is 9.18 Å². The Kier molecular flexibility index (Phi) is 5.88. The molecule has 1 aliphatic rings. The Bertz CT molecular complexity index is 1100. The van der Waals surface area contributed by atoms with Crippen molar-refractivity contribution < 1.29 is 18.3 Å². The second-order valence-corrected chi connectivity index (χ2v) is 7.89. The molecule has 0 N–H and O–H groups in total. The number of aryl methyl sites for hydroxylation is 1. The highest BCUT2D eigenvalue weighted by atomic mass is 19.1. The molecule has 6 heteroatoms. The Hall–Kier alpha value is -2.70. The molecule has 158 valence electrons. The van der Waals surface area contributed by atoms with E-state index in [0.717, 1.165) is 24.3 Å². The normalized spacial score (nSPS) is 14.2. The van der Waals surface area contributed by atoms with E-state index in [-0.39, 0.29) is 17.3 Å². The fourth-order valence-electron chi connectivity index (χ4n) is 3.82. The molecule has 0 saturated carbocycles. The third-order valence-corrected chi connectivity index (χ3v) is 5.28. The summed E-state index contributed by atoms with van der Waals surface area (Å²) in [6.07, 6.45) is 1.12. The second kappa shape index (κ2) is 8.58. The summed E-state index contributed by atoms with van der Waals surface area (Å²) in [6, 6.07) is 9.47. The van der Waals surface area contributed by atoms with Gasteiger partial charge in [0.15, 0.2) is 0 Å². The number of hydrogen-bond donors (Lipinski definition) is 0. The molecule has 0 saturated heterocycles. The topological polar surface area (TPSA) is 51.9 Å². The van der Waals surface area contributed by atoms with Crippen molar-refractivity contribution in [3.8, 4) is 16.9 Å².